The van der Waals surface area contributed by atoms with E-state index in [9.17, 15) is 4.79 Å². The molecule has 0 radical (unpaired) electrons. The Balaban J connectivity index is 2.37. The lowest BCUT2D eigenvalue weighted by molar-refractivity contribution is 0.0993. The molecule has 1 N–H and O–H groups in total. The summed E-state index contributed by atoms with van der Waals surface area (Å²) in [6, 6.07) is 5.31. The highest BCUT2D eigenvalue weighted by molar-refractivity contribution is 9.10. The largest absolute Gasteiger partial charge is 0.372 e. The van der Waals surface area contributed by atoms with Gasteiger partial charge >= 0.3 is 0 Å². The standard InChI is InChI=1S/C13H13BrN4O/c1-15-12-11(7-9(14)8-17-12)13(19)18(2)10-3-5-16-6-4-10/h3-8H,1-2H3,(H,15,17). The van der Waals surface area contributed by atoms with Gasteiger partial charge in [0.2, 0.25) is 0 Å². The molecule has 0 spiro atoms. The van der Waals surface area contributed by atoms with E-state index in [4.69, 9.17) is 0 Å². The highest BCUT2D eigenvalue weighted by Gasteiger charge is 2.18. The molecule has 19 heavy (non-hydrogen) atoms. The number of rotatable bonds is 3. The number of hydrogen-bond donors (Lipinski definition) is 1. The summed E-state index contributed by atoms with van der Waals surface area (Å²) in [5.74, 6) is 0.415. The third kappa shape index (κ3) is 2.90. The van der Waals surface area contributed by atoms with Crippen molar-refractivity contribution in [3.8, 4) is 0 Å². The Labute approximate surface area is 119 Å². The van der Waals surface area contributed by atoms with E-state index in [1.165, 1.54) is 0 Å². The van der Waals surface area contributed by atoms with Gasteiger partial charge in [0.25, 0.3) is 5.91 Å². The van der Waals surface area contributed by atoms with Gasteiger partial charge in [-0.3, -0.25) is 9.78 Å². The van der Waals surface area contributed by atoms with Gasteiger partial charge < -0.3 is 10.2 Å². The van der Waals surface area contributed by atoms with Gasteiger partial charge in [-0.05, 0) is 34.1 Å². The molecule has 1 amide bonds. The maximum Gasteiger partial charge on any atom is 0.261 e. The van der Waals surface area contributed by atoms with Gasteiger partial charge in [-0.15, -0.1) is 0 Å². The van der Waals surface area contributed by atoms with Crippen LogP contribution in [0.5, 0.6) is 0 Å². The van der Waals surface area contributed by atoms with Crippen molar-refractivity contribution in [2.24, 2.45) is 0 Å². The van der Waals surface area contributed by atoms with Crippen LogP contribution in [0.4, 0.5) is 11.5 Å². The average molecular weight is 321 g/mol. The van der Waals surface area contributed by atoms with Crippen molar-refractivity contribution >= 4 is 33.3 Å². The minimum Gasteiger partial charge on any atom is -0.372 e. The average Bonchev–Trinajstić information content (AvgIpc) is 2.46. The third-order valence-electron chi connectivity index (χ3n) is 2.68. The molecule has 0 aliphatic carbocycles. The van der Waals surface area contributed by atoms with E-state index in [1.807, 2.05) is 0 Å². The second-order valence-electron chi connectivity index (χ2n) is 3.87. The van der Waals surface area contributed by atoms with Crippen LogP contribution < -0.4 is 10.2 Å². The van der Waals surface area contributed by atoms with Crippen LogP contribution in [0.2, 0.25) is 0 Å². The molecule has 0 fully saturated rings. The molecule has 0 aliphatic heterocycles. The van der Waals surface area contributed by atoms with E-state index in [0.29, 0.717) is 11.4 Å². The first-order valence-electron chi connectivity index (χ1n) is 5.65. The van der Waals surface area contributed by atoms with E-state index in [0.717, 1.165) is 10.2 Å². The molecule has 0 unspecified atom stereocenters. The van der Waals surface area contributed by atoms with Crippen molar-refractivity contribution in [2.75, 3.05) is 24.3 Å². The van der Waals surface area contributed by atoms with Crippen LogP contribution >= 0.6 is 15.9 Å². The van der Waals surface area contributed by atoms with Crippen LogP contribution in [-0.4, -0.2) is 30.0 Å². The number of nitrogens with one attached hydrogen (secondary N) is 1. The van der Waals surface area contributed by atoms with Crippen LogP contribution in [0, 0.1) is 0 Å². The van der Waals surface area contributed by atoms with Gasteiger partial charge in [0.1, 0.15) is 5.82 Å². The zero-order chi connectivity index (χ0) is 13.8. The molecule has 0 saturated heterocycles. The van der Waals surface area contributed by atoms with Crippen LogP contribution in [0.15, 0.2) is 41.3 Å². The first kappa shape index (κ1) is 13.5. The summed E-state index contributed by atoms with van der Waals surface area (Å²) in [4.78, 5) is 22.2. The molecule has 2 heterocycles. The van der Waals surface area contributed by atoms with Gasteiger partial charge in [0.15, 0.2) is 0 Å². The number of pyridine rings is 2. The molecule has 2 aromatic heterocycles. The maximum absolute atomic E-state index is 12.5. The number of halogens is 1. The molecule has 0 saturated carbocycles. The molecule has 6 heteroatoms. The van der Waals surface area contributed by atoms with Gasteiger partial charge in [0.05, 0.1) is 5.56 Å². The minimum atomic E-state index is -0.135. The van der Waals surface area contributed by atoms with Crippen molar-refractivity contribution in [3.05, 3.63) is 46.8 Å². The van der Waals surface area contributed by atoms with Crippen LogP contribution in [-0.2, 0) is 0 Å². The molecule has 2 aromatic rings. The lowest BCUT2D eigenvalue weighted by atomic mass is 10.2. The lowest BCUT2D eigenvalue weighted by Crippen LogP contribution is -2.27. The Morgan fingerprint density at radius 3 is 2.68 bits per heavy atom. The van der Waals surface area contributed by atoms with Gasteiger partial charge in [-0.25, -0.2) is 4.98 Å². The predicted octanol–water partition coefficient (Wildman–Crippen LogP) is 2.56. The topological polar surface area (TPSA) is 58.1 Å². The van der Waals surface area contributed by atoms with Crippen LogP contribution in [0.1, 0.15) is 10.4 Å². The quantitative estimate of drug-likeness (QED) is 0.944. The van der Waals surface area contributed by atoms with Crippen LogP contribution in [0.3, 0.4) is 0 Å². The number of nitrogens with zero attached hydrogens (tertiary/aromatic N) is 3. The summed E-state index contributed by atoms with van der Waals surface area (Å²) >= 11 is 3.33. The van der Waals surface area contributed by atoms with Crippen molar-refractivity contribution in [3.63, 3.8) is 0 Å². The number of hydrogen-bond acceptors (Lipinski definition) is 4. The summed E-state index contributed by atoms with van der Waals surface area (Å²) < 4.78 is 0.762. The second kappa shape index (κ2) is 5.79. The first-order chi connectivity index (χ1) is 9.13. The zero-order valence-electron chi connectivity index (χ0n) is 10.6. The molecule has 2 rings (SSSR count). The summed E-state index contributed by atoms with van der Waals surface area (Å²) in [5.41, 5.74) is 1.29. The highest BCUT2D eigenvalue weighted by Crippen LogP contribution is 2.21. The van der Waals surface area contributed by atoms with Crippen molar-refractivity contribution in [2.45, 2.75) is 0 Å². The Morgan fingerprint density at radius 1 is 1.37 bits per heavy atom. The zero-order valence-corrected chi connectivity index (χ0v) is 12.2. The summed E-state index contributed by atoms with van der Waals surface area (Å²) in [7, 11) is 3.46. The van der Waals surface area contributed by atoms with E-state index in [1.54, 1.807) is 55.8 Å². The Kier molecular flexibility index (Phi) is 4.11. The van der Waals surface area contributed by atoms with E-state index in [2.05, 4.69) is 31.2 Å². The normalized spacial score (nSPS) is 10.1. The first-order valence-corrected chi connectivity index (χ1v) is 6.44. The summed E-state index contributed by atoms with van der Waals surface area (Å²) in [6.45, 7) is 0. The smallest absolute Gasteiger partial charge is 0.261 e. The minimum absolute atomic E-state index is 0.135. The SMILES string of the molecule is CNc1ncc(Br)cc1C(=O)N(C)c1ccncc1. The Morgan fingerprint density at radius 2 is 2.05 bits per heavy atom. The van der Waals surface area contributed by atoms with Crippen molar-refractivity contribution in [1.82, 2.24) is 9.97 Å². The van der Waals surface area contributed by atoms with Gasteiger partial charge in [-0.1, -0.05) is 0 Å². The summed E-state index contributed by atoms with van der Waals surface area (Å²) in [6.07, 6.45) is 4.95. The van der Waals surface area contributed by atoms with E-state index in [-0.39, 0.29) is 5.91 Å². The molecule has 0 bridgehead atoms. The second-order valence-corrected chi connectivity index (χ2v) is 4.78. The molecule has 0 aromatic carbocycles. The fourth-order valence-electron chi connectivity index (χ4n) is 1.67. The molecule has 5 nitrogen and oxygen atoms in total. The predicted molar refractivity (Wildman–Crippen MR) is 78.5 cm³/mol. The molecular weight excluding hydrogens is 308 g/mol. The molecule has 98 valence electrons. The van der Waals surface area contributed by atoms with Gasteiger partial charge in [-0.2, -0.15) is 0 Å². The lowest BCUT2D eigenvalue weighted by Gasteiger charge is -2.18. The molecule has 0 atom stereocenters. The molecular formula is C13H13BrN4O. The number of amides is 1. The van der Waals surface area contributed by atoms with Gasteiger partial charge in [0, 0.05) is 42.8 Å². The van der Waals surface area contributed by atoms with Crippen molar-refractivity contribution < 1.29 is 4.79 Å². The molecule has 0 aliphatic rings. The fraction of sp³-hybridized carbons (Fsp3) is 0.154. The Hall–Kier alpha value is -1.95. The number of aromatic nitrogens is 2. The fourth-order valence-corrected chi connectivity index (χ4v) is 2.00. The van der Waals surface area contributed by atoms with Crippen molar-refractivity contribution in [1.29, 1.82) is 0 Å². The van der Waals surface area contributed by atoms with E-state index >= 15 is 0 Å². The third-order valence-corrected chi connectivity index (χ3v) is 3.11. The summed E-state index contributed by atoms with van der Waals surface area (Å²) in [5, 5.41) is 2.92. The number of carbonyl (C=O) groups excluding carboxylic acids is 1. The highest BCUT2D eigenvalue weighted by atomic mass is 79.9. The number of anilines is 2. The number of carbonyl (C=O) groups is 1. The maximum atomic E-state index is 12.5. The Bertz CT molecular complexity index is 588. The monoisotopic (exact) mass is 320 g/mol. The van der Waals surface area contributed by atoms with E-state index < -0.39 is 0 Å². The van der Waals surface area contributed by atoms with Crippen LogP contribution in [0.25, 0.3) is 0 Å².